The van der Waals surface area contributed by atoms with Crippen molar-refractivity contribution < 1.29 is 14.3 Å². The van der Waals surface area contributed by atoms with Crippen molar-refractivity contribution in [1.82, 2.24) is 14.7 Å². The first-order chi connectivity index (χ1) is 15.0. The number of thiophene rings is 1. The highest BCUT2D eigenvalue weighted by Gasteiger charge is 2.42. The number of hydrogen-bond donors (Lipinski definition) is 0. The highest BCUT2D eigenvalue weighted by atomic mass is 32.1. The molecule has 0 spiro atoms. The van der Waals surface area contributed by atoms with Gasteiger partial charge in [0.2, 0.25) is 0 Å². The number of ether oxygens (including phenoxy) is 1. The first kappa shape index (κ1) is 21.6. The van der Waals surface area contributed by atoms with Crippen LogP contribution in [0.4, 0.5) is 0 Å². The number of hydrogen-bond acceptors (Lipinski definition) is 6. The molecular formula is C24H29N3O3S. The lowest BCUT2D eigenvalue weighted by molar-refractivity contribution is -0.137. The maximum absolute atomic E-state index is 13.5. The van der Waals surface area contributed by atoms with Gasteiger partial charge in [-0.3, -0.25) is 14.5 Å². The second-order valence-corrected chi connectivity index (χ2v) is 9.15. The number of imide groups is 1. The van der Waals surface area contributed by atoms with E-state index >= 15 is 0 Å². The first-order valence-corrected chi connectivity index (χ1v) is 11.6. The van der Waals surface area contributed by atoms with Crippen molar-refractivity contribution in [2.75, 3.05) is 40.8 Å². The molecular weight excluding hydrogens is 410 g/mol. The van der Waals surface area contributed by atoms with Gasteiger partial charge in [0, 0.05) is 24.5 Å². The molecule has 1 aromatic carbocycles. The molecule has 3 heterocycles. The standard InChI is InChI=1S/C24H29N3O3S/c1-25-13-11-18(12-14-25)26(2)22-21(20-5-4-16-31-20)23(28)27(24(22)29)15-10-17-6-8-19(30-3)9-7-17/h4-9,16,18H,10-15H2,1-3H3. The van der Waals surface area contributed by atoms with Gasteiger partial charge in [-0.1, -0.05) is 18.2 Å². The fraction of sp³-hybridized carbons (Fsp3) is 0.417. The molecule has 0 unspecified atom stereocenters. The van der Waals surface area contributed by atoms with Crippen LogP contribution < -0.4 is 4.74 Å². The molecule has 1 fully saturated rings. The minimum Gasteiger partial charge on any atom is -0.497 e. The summed E-state index contributed by atoms with van der Waals surface area (Å²) >= 11 is 1.51. The zero-order chi connectivity index (χ0) is 22.0. The van der Waals surface area contributed by atoms with Gasteiger partial charge in [-0.25, -0.2) is 0 Å². The molecule has 2 aliphatic rings. The number of methoxy groups -OCH3 is 1. The molecule has 0 bridgehead atoms. The Hall–Kier alpha value is -2.64. The summed E-state index contributed by atoms with van der Waals surface area (Å²) in [5, 5.41) is 1.95. The second-order valence-electron chi connectivity index (χ2n) is 8.21. The molecule has 6 nitrogen and oxygen atoms in total. The maximum Gasteiger partial charge on any atom is 0.277 e. The highest BCUT2D eigenvalue weighted by Crippen LogP contribution is 2.35. The Morgan fingerprint density at radius 2 is 1.81 bits per heavy atom. The summed E-state index contributed by atoms with van der Waals surface area (Å²) in [5.74, 6) is 0.430. The molecule has 0 atom stereocenters. The Morgan fingerprint density at radius 3 is 2.42 bits per heavy atom. The highest BCUT2D eigenvalue weighted by molar-refractivity contribution is 7.11. The molecule has 0 saturated carbocycles. The third-order valence-corrected chi connectivity index (χ3v) is 7.17. The minimum atomic E-state index is -0.185. The number of benzene rings is 1. The predicted molar refractivity (Wildman–Crippen MR) is 123 cm³/mol. The third kappa shape index (κ3) is 4.38. The molecule has 1 aromatic heterocycles. The summed E-state index contributed by atoms with van der Waals surface area (Å²) in [5.41, 5.74) is 2.17. The number of likely N-dealkylation sites (tertiary alicyclic amines) is 1. The summed E-state index contributed by atoms with van der Waals surface area (Å²) in [4.78, 5) is 33.5. The van der Waals surface area contributed by atoms with Crippen molar-refractivity contribution in [3.63, 3.8) is 0 Å². The Morgan fingerprint density at radius 1 is 1.10 bits per heavy atom. The summed E-state index contributed by atoms with van der Waals surface area (Å²) in [6, 6.07) is 11.9. The van der Waals surface area contributed by atoms with E-state index in [4.69, 9.17) is 4.74 Å². The molecule has 1 saturated heterocycles. The molecule has 31 heavy (non-hydrogen) atoms. The largest absolute Gasteiger partial charge is 0.497 e. The summed E-state index contributed by atoms with van der Waals surface area (Å²) in [6.07, 6.45) is 2.59. The Bertz CT molecular complexity index is 960. The molecule has 7 heteroatoms. The Balaban J connectivity index is 1.56. The van der Waals surface area contributed by atoms with E-state index < -0.39 is 0 Å². The molecule has 164 valence electrons. The van der Waals surface area contributed by atoms with Gasteiger partial charge in [-0.15, -0.1) is 11.3 Å². The number of piperidine rings is 1. The van der Waals surface area contributed by atoms with Crippen LogP contribution in [0.5, 0.6) is 5.75 Å². The van der Waals surface area contributed by atoms with E-state index in [1.54, 1.807) is 7.11 Å². The SMILES string of the molecule is COc1ccc(CCN2C(=O)C(c3cccs3)=C(N(C)C3CCN(C)CC3)C2=O)cc1. The quantitative estimate of drug-likeness (QED) is 0.621. The monoisotopic (exact) mass is 439 g/mol. The smallest absolute Gasteiger partial charge is 0.277 e. The zero-order valence-corrected chi connectivity index (χ0v) is 19.2. The number of rotatable bonds is 7. The zero-order valence-electron chi connectivity index (χ0n) is 18.3. The first-order valence-electron chi connectivity index (χ1n) is 10.7. The van der Waals surface area contributed by atoms with Gasteiger partial charge in [-0.05, 0) is 68.5 Å². The van der Waals surface area contributed by atoms with E-state index in [0.717, 1.165) is 42.1 Å². The number of likely N-dealkylation sites (N-methyl/N-ethyl adjacent to an activating group) is 1. The molecule has 4 rings (SSSR count). The number of amides is 2. The fourth-order valence-corrected chi connectivity index (χ4v) is 5.10. The van der Waals surface area contributed by atoms with Gasteiger partial charge in [0.25, 0.3) is 11.8 Å². The van der Waals surface area contributed by atoms with Crippen LogP contribution in [0.1, 0.15) is 23.3 Å². The molecule has 2 amide bonds. The molecule has 2 aliphatic heterocycles. The van der Waals surface area contributed by atoms with E-state index in [1.807, 2.05) is 48.8 Å². The average molecular weight is 440 g/mol. The van der Waals surface area contributed by atoms with E-state index in [-0.39, 0.29) is 17.9 Å². The van der Waals surface area contributed by atoms with Crippen molar-refractivity contribution in [3.8, 4) is 5.75 Å². The molecule has 2 aromatic rings. The van der Waals surface area contributed by atoms with Gasteiger partial charge in [0.15, 0.2) is 0 Å². The van der Waals surface area contributed by atoms with Crippen LogP contribution in [0.15, 0.2) is 47.5 Å². The van der Waals surface area contributed by atoms with E-state index in [2.05, 4.69) is 16.8 Å². The van der Waals surface area contributed by atoms with Crippen LogP contribution in [0.3, 0.4) is 0 Å². The number of nitrogens with zero attached hydrogens (tertiary/aromatic N) is 3. The normalized spacial score (nSPS) is 18.2. The van der Waals surface area contributed by atoms with Crippen LogP contribution in [-0.4, -0.2) is 73.4 Å². The van der Waals surface area contributed by atoms with Crippen molar-refractivity contribution in [2.24, 2.45) is 0 Å². The van der Waals surface area contributed by atoms with Crippen molar-refractivity contribution in [2.45, 2.75) is 25.3 Å². The van der Waals surface area contributed by atoms with Crippen LogP contribution in [0.2, 0.25) is 0 Å². The van der Waals surface area contributed by atoms with Gasteiger partial charge < -0.3 is 14.5 Å². The van der Waals surface area contributed by atoms with E-state index in [1.165, 1.54) is 16.2 Å². The van der Waals surface area contributed by atoms with Crippen molar-refractivity contribution in [3.05, 3.63) is 57.9 Å². The fourth-order valence-electron chi connectivity index (χ4n) is 4.33. The lowest BCUT2D eigenvalue weighted by atomic mass is 10.0. The second kappa shape index (κ2) is 9.24. The van der Waals surface area contributed by atoms with Crippen molar-refractivity contribution in [1.29, 1.82) is 0 Å². The lowest BCUT2D eigenvalue weighted by Gasteiger charge is -2.36. The predicted octanol–water partition coefficient (Wildman–Crippen LogP) is 3.11. The number of carbonyl (C=O) groups excluding carboxylic acids is 2. The van der Waals surface area contributed by atoms with E-state index in [0.29, 0.717) is 24.2 Å². The van der Waals surface area contributed by atoms with Crippen LogP contribution >= 0.6 is 11.3 Å². The summed E-state index contributed by atoms with van der Waals surface area (Å²) in [6.45, 7) is 2.36. The van der Waals surface area contributed by atoms with Crippen LogP contribution in [0, 0.1) is 0 Å². The third-order valence-electron chi connectivity index (χ3n) is 6.28. The molecule has 0 aliphatic carbocycles. The van der Waals surface area contributed by atoms with Gasteiger partial charge in [-0.2, -0.15) is 0 Å². The van der Waals surface area contributed by atoms with Gasteiger partial charge >= 0.3 is 0 Å². The van der Waals surface area contributed by atoms with Gasteiger partial charge in [0.1, 0.15) is 11.4 Å². The van der Waals surface area contributed by atoms with Crippen LogP contribution in [0.25, 0.3) is 5.57 Å². The lowest BCUT2D eigenvalue weighted by Crippen LogP contribution is -2.43. The van der Waals surface area contributed by atoms with E-state index in [9.17, 15) is 9.59 Å². The number of carbonyl (C=O) groups is 2. The van der Waals surface area contributed by atoms with Gasteiger partial charge in [0.05, 0.1) is 12.7 Å². The average Bonchev–Trinajstić information content (AvgIpc) is 3.39. The molecule has 0 radical (unpaired) electrons. The maximum atomic E-state index is 13.5. The Labute approximate surface area is 187 Å². The minimum absolute atomic E-state index is 0.177. The van der Waals surface area contributed by atoms with Crippen molar-refractivity contribution >= 4 is 28.7 Å². The summed E-state index contributed by atoms with van der Waals surface area (Å²) in [7, 11) is 5.73. The topological polar surface area (TPSA) is 53.1 Å². The Kier molecular flexibility index (Phi) is 6.43. The molecule has 0 N–H and O–H groups in total. The summed E-state index contributed by atoms with van der Waals surface area (Å²) < 4.78 is 5.21. The van der Waals surface area contributed by atoms with Crippen LogP contribution in [-0.2, 0) is 16.0 Å².